The molecule has 17 heavy (non-hydrogen) atoms. The Morgan fingerprint density at radius 1 is 1.47 bits per heavy atom. The average molecular weight is 231 g/mol. The first-order valence-corrected chi connectivity index (χ1v) is 5.92. The maximum absolute atomic E-state index is 8.92. The van der Waals surface area contributed by atoms with Crippen LogP contribution in [0, 0.1) is 11.3 Å². The van der Waals surface area contributed by atoms with Crippen molar-refractivity contribution in [2.24, 2.45) is 0 Å². The lowest BCUT2D eigenvalue weighted by Crippen LogP contribution is -2.34. The van der Waals surface area contributed by atoms with Crippen LogP contribution < -0.4 is 4.74 Å². The first-order chi connectivity index (χ1) is 8.09. The fourth-order valence-electron chi connectivity index (χ4n) is 2.06. The van der Waals surface area contributed by atoms with E-state index in [1.54, 1.807) is 6.07 Å². The second-order valence-electron chi connectivity index (χ2n) is 4.86. The summed E-state index contributed by atoms with van der Waals surface area (Å²) in [5.41, 5.74) is 1.51. The van der Waals surface area contributed by atoms with Crippen molar-refractivity contribution in [2.45, 2.75) is 38.9 Å². The van der Waals surface area contributed by atoms with Crippen LogP contribution in [0.5, 0.6) is 5.75 Å². The van der Waals surface area contributed by atoms with Crippen molar-refractivity contribution >= 4 is 0 Å². The Balaban J connectivity index is 2.31. The molecule has 0 fully saturated rings. The molecular weight excluding hydrogens is 214 g/mol. The van der Waals surface area contributed by atoms with E-state index in [9.17, 15) is 0 Å². The zero-order valence-electron chi connectivity index (χ0n) is 10.5. The highest BCUT2D eigenvalue weighted by Gasteiger charge is 2.42. The molecule has 90 valence electrons. The van der Waals surface area contributed by atoms with Gasteiger partial charge in [-0.1, -0.05) is 6.92 Å². The molecule has 0 N–H and O–H groups in total. The van der Waals surface area contributed by atoms with Gasteiger partial charge in [0.05, 0.1) is 23.7 Å². The summed E-state index contributed by atoms with van der Waals surface area (Å²) in [6, 6.07) is 7.68. The predicted molar refractivity (Wildman–Crippen MR) is 64.8 cm³/mol. The summed E-state index contributed by atoms with van der Waals surface area (Å²) in [6.45, 7) is 6.93. The quantitative estimate of drug-likeness (QED) is 0.803. The Morgan fingerprint density at radius 2 is 2.24 bits per heavy atom. The smallest absolute Gasteiger partial charge is 0.209 e. The maximum Gasteiger partial charge on any atom is 0.209 e. The van der Waals surface area contributed by atoms with Gasteiger partial charge in [-0.3, -0.25) is 0 Å². The minimum absolute atomic E-state index is 0.211. The van der Waals surface area contributed by atoms with Gasteiger partial charge in [0, 0.05) is 5.56 Å². The second kappa shape index (κ2) is 4.38. The SMILES string of the molecule is CCCOC1Oc2ccc(C#N)cc2C1(C)C. The minimum Gasteiger partial charge on any atom is -0.464 e. The van der Waals surface area contributed by atoms with Crippen LogP contribution in [-0.4, -0.2) is 12.9 Å². The van der Waals surface area contributed by atoms with Crippen molar-refractivity contribution in [1.82, 2.24) is 0 Å². The monoisotopic (exact) mass is 231 g/mol. The third kappa shape index (κ3) is 2.01. The van der Waals surface area contributed by atoms with Gasteiger partial charge in [0.25, 0.3) is 0 Å². The van der Waals surface area contributed by atoms with E-state index in [0.717, 1.165) is 17.7 Å². The molecule has 0 amide bonds. The summed E-state index contributed by atoms with van der Waals surface area (Å²) in [5, 5.41) is 8.92. The molecule has 3 heteroatoms. The molecule has 2 rings (SSSR count). The molecule has 1 atom stereocenters. The van der Waals surface area contributed by atoms with Crippen LogP contribution in [0.4, 0.5) is 0 Å². The first kappa shape index (κ1) is 11.9. The van der Waals surface area contributed by atoms with Crippen LogP contribution in [0.2, 0.25) is 0 Å². The third-order valence-corrected chi connectivity index (χ3v) is 3.10. The van der Waals surface area contributed by atoms with Gasteiger partial charge in [-0.2, -0.15) is 5.26 Å². The van der Waals surface area contributed by atoms with Crippen LogP contribution in [0.1, 0.15) is 38.3 Å². The van der Waals surface area contributed by atoms with Gasteiger partial charge in [-0.15, -0.1) is 0 Å². The number of rotatable bonds is 3. The van der Waals surface area contributed by atoms with E-state index in [4.69, 9.17) is 14.7 Å². The highest BCUT2D eigenvalue weighted by Crippen LogP contribution is 2.43. The topological polar surface area (TPSA) is 42.2 Å². The maximum atomic E-state index is 8.92. The highest BCUT2D eigenvalue weighted by atomic mass is 16.7. The van der Waals surface area contributed by atoms with Crippen LogP contribution in [0.3, 0.4) is 0 Å². The molecule has 0 saturated carbocycles. The van der Waals surface area contributed by atoms with Gasteiger partial charge < -0.3 is 9.47 Å². The van der Waals surface area contributed by atoms with E-state index in [1.165, 1.54) is 0 Å². The fraction of sp³-hybridized carbons (Fsp3) is 0.500. The van der Waals surface area contributed by atoms with Crippen LogP contribution >= 0.6 is 0 Å². The lowest BCUT2D eigenvalue weighted by atomic mass is 9.84. The molecule has 1 unspecified atom stereocenters. The van der Waals surface area contributed by atoms with Crippen molar-refractivity contribution in [3.63, 3.8) is 0 Å². The van der Waals surface area contributed by atoms with Gasteiger partial charge in [-0.05, 0) is 38.5 Å². The number of hydrogen-bond acceptors (Lipinski definition) is 3. The lowest BCUT2D eigenvalue weighted by Gasteiger charge is -2.25. The number of benzene rings is 1. The molecule has 1 aliphatic heterocycles. The molecule has 1 aromatic rings. The summed E-state index contributed by atoms with van der Waals surface area (Å²) < 4.78 is 11.5. The van der Waals surface area contributed by atoms with Gasteiger partial charge >= 0.3 is 0 Å². The number of ether oxygens (including phenoxy) is 2. The Hall–Kier alpha value is -1.53. The zero-order chi connectivity index (χ0) is 12.5. The Morgan fingerprint density at radius 3 is 2.88 bits per heavy atom. The van der Waals surface area contributed by atoms with Crippen LogP contribution in [0.15, 0.2) is 18.2 Å². The second-order valence-corrected chi connectivity index (χ2v) is 4.86. The summed E-state index contributed by atoms with van der Waals surface area (Å²) in [7, 11) is 0. The highest BCUT2D eigenvalue weighted by molar-refractivity contribution is 5.48. The summed E-state index contributed by atoms with van der Waals surface area (Å²) in [6.07, 6.45) is 0.710. The predicted octanol–water partition coefficient (Wildman–Crippen LogP) is 2.98. The molecule has 0 radical (unpaired) electrons. The van der Waals surface area contributed by atoms with Crippen molar-refractivity contribution < 1.29 is 9.47 Å². The van der Waals surface area contributed by atoms with Crippen LogP contribution in [0.25, 0.3) is 0 Å². The average Bonchev–Trinajstić information content (AvgIpc) is 2.58. The van der Waals surface area contributed by atoms with Gasteiger partial charge in [0.1, 0.15) is 5.75 Å². The third-order valence-electron chi connectivity index (χ3n) is 3.10. The standard InChI is InChI=1S/C14H17NO2/c1-4-7-16-13-14(2,3)11-8-10(9-15)5-6-12(11)17-13/h5-6,8,13H,4,7H2,1-3H3. The molecule has 0 aromatic heterocycles. The van der Waals surface area contributed by atoms with Crippen LogP contribution in [-0.2, 0) is 10.2 Å². The van der Waals surface area contributed by atoms with Gasteiger partial charge in [-0.25, -0.2) is 0 Å². The number of fused-ring (bicyclic) bond motifs is 1. The molecule has 1 aliphatic rings. The molecule has 0 spiro atoms. The molecule has 0 saturated heterocycles. The normalized spacial score (nSPS) is 20.5. The molecule has 3 nitrogen and oxygen atoms in total. The van der Waals surface area contributed by atoms with Crippen molar-refractivity contribution in [3.8, 4) is 11.8 Å². The number of hydrogen-bond donors (Lipinski definition) is 0. The lowest BCUT2D eigenvalue weighted by molar-refractivity contribution is -0.102. The van der Waals surface area contributed by atoms with E-state index >= 15 is 0 Å². The van der Waals surface area contributed by atoms with Gasteiger partial charge in [0.15, 0.2) is 0 Å². The van der Waals surface area contributed by atoms with Gasteiger partial charge in [0.2, 0.25) is 6.29 Å². The fourth-order valence-corrected chi connectivity index (χ4v) is 2.06. The summed E-state index contributed by atoms with van der Waals surface area (Å²) in [4.78, 5) is 0. The van der Waals surface area contributed by atoms with E-state index in [2.05, 4.69) is 26.8 Å². The van der Waals surface area contributed by atoms with Crippen molar-refractivity contribution in [3.05, 3.63) is 29.3 Å². The number of nitrogens with zero attached hydrogens (tertiary/aromatic N) is 1. The largest absolute Gasteiger partial charge is 0.464 e. The van der Waals surface area contributed by atoms with Crippen molar-refractivity contribution in [1.29, 1.82) is 5.26 Å². The Kier molecular flexibility index (Phi) is 3.08. The van der Waals surface area contributed by atoms with E-state index in [-0.39, 0.29) is 11.7 Å². The van der Waals surface area contributed by atoms with E-state index in [1.807, 2.05) is 12.1 Å². The molecule has 0 bridgehead atoms. The Labute approximate surface area is 102 Å². The van der Waals surface area contributed by atoms with E-state index < -0.39 is 0 Å². The molecule has 1 aromatic carbocycles. The molecule has 0 aliphatic carbocycles. The van der Waals surface area contributed by atoms with Crippen molar-refractivity contribution in [2.75, 3.05) is 6.61 Å². The zero-order valence-corrected chi connectivity index (χ0v) is 10.5. The van der Waals surface area contributed by atoms with E-state index in [0.29, 0.717) is 12.2 Å². The minimum atomic E-state index is -0.258. The summed E-state index contributed by atoms with van der Waals surface area (Å²) >= 11 is 0. The Bertz CT molecular complexity index is 460. The molecular formula is C14H17NO2. The number of nitriles is 1. The molecule has 1 heterocycles. The first-order valence-electron chi connectivity index (χ1n) is 5.92. The summed E-state index contributed by atoms with van der Waals surface area (Å²) in [5.74, 6) is 0.829.